The minimum atomic E-state index is -1.63. The van der Waals surface area contributed by atoms with Gasteiger partial charge in [-0.05, 0) is 130 Å². The summed E-state index contributed by atoms with van der Waals surface area (Å²) in [6, 6.07) is 6.88. The van der Waals surface area contributed by atoms with Gasteiger partial charge in [0.1, 0.15) is 40.9 Å². The van der Waals surface area contributed by atoms with E-state index in [1.165, 1.54) is 12.0 Å². The summed E-state index contributed by atoms with van der Waals surface area (Å²) in [5, 5.41) is 21.5. The number of carbonyl (C=O) groups is 8. The third-order valence-electron chi connectivity index (χ3n) is 15.9. The number of allylic oxidation sites excluding steroid dienone is 3. The molecule has 19 nitrogen and oxygen atoms in total. The van der Waals surface area contributed by atoms with E-state index in [0.29, 0.717) is 63.5 Å². The van der Waals surface area contributed by atoms with Crippen LogP contribution in [0.2, 0.25) is 5.02 Å². The van der Waals surface area contributed by atoms with Crippen LogP contribution in [0.5, 0.6) is 0 Å². The highest BCUT2D eigenvalue weighted by molar-refractivity contribution is 9.10. The van der Waals surface area contributed by atoms with Crippen molar-refractivity contribution in [1.82, 2.24) is 10.6 Å². The molecule has 3 aliphatic heterocycles. The molecule has 0 aromatic heterocycles. The molecular weight excluding hydrogens is 1300 g/mol. The summed E-state index contributed by atoms with van der Waals surface area (Å²) < 4.78 is 30.2. The number of Topliss-reactive ketones (excluding diaryl/α,β-unsaturated/α-hetero) is 2. The Labute approximate surface area is 523 Å². The van der Waals surface area contributed by atoms with Crippen molar-refractivity contribution in [1.29, 1.82) is 0 Å². The molecule has 0 unspecified atom stereocenters. The van der Waals surface area contributed by atoms with Crippen LogP contribution < -0.4 is 26.6 Å². The number of aliphatic hydroxyl groups is 1. The van der Waals surface area contributed by atoms with E-state index in [4.69, 9.17) is 41.0 Å². The molecule has 0 saturated carbocycles. The highest BCUT2D eigenvalue weighted by atomic mass is 79.9. The van der Waals surface area contributed by atoms with Gasteiger partial charge >= 0.3 is 24.1 Å². The number of ketones is 2. The van der Waals surface area contributed by atoms with Crippen LogP contribution in [-0.2, 0) is 65.3 Å². The van der Waals surface area contributed by atoms with Crippen molar-refractivity contribution in [2.24, 2.45) is 29.4 Å². The minimum Gasteiger partial charge on any atom is -0.462 e. The number of aryl methyl sites for hydroxylation is 1. The van der Waals surface area contributed by atoms with E-state index in [9.17, 15) is 43.5 Å². The van der Waals surface area contributed by atoms with E-state index in [-0.39, 0.29) is 86.5 Å². The van der Waals surface area contributed by atoms with Crippen molar-refractivity contribution in [2.75, 3.05) is 41.6 Å². The number of urea groups is 1. The Kier molecular flexibility index (Phi) is 26.1. The van der Waals surface area contributed by atoms with E-state index >= 15 is 0 Å². The summed E-state index contributed by atoms with van der Waals surface area (Å²) in [5.74, 6) is -4.14. The second kappa shape index (κ2) is 31.3. The molecule has 6 N–H and O–H groups in total. The summed E-state index contributed by atoms with van der Waals surface area (Å²) >= 11 is 17.1. The van der Waals surface area contributed by atoms with E-state index < -0.39 is 89.0 Å². The number of fused-ring (bicyclic) bond motifs is 5. The molecule has 3 heterocycles. The molecule has 3 aliphatic rings. The maximum Gasteiger partial charge on any atom is 0.412 e. The quantitative estimate of drug-likeness (QED) is 0.0215. The van der Waals surface area contributed by atoms with Crippen molar-refractivity contribution >= 4 is 118 Å². The number of rotatable bonds is 24. The first-order chi connectivity index (χ1) is 39.4. The number of hydrogen-bond donors (Lipinski definition) is 5. The zero-order chi connectivity index (χ0) is 62.4. The van der Waals surface area contributed by atoms with Crippen LogP contribution in [0.25, 0.3) is 0 Å². The van der Waals surface area contributed by atoms with Crippen molar-refractivity contribution < 1.29 is 67.1 Å². The Bertz CT molecular complexity index is 2790. The predicted octanol–water partition coefficient (Wildman–Crippen LogP) is 10.2. The fraction of sp³-hybridized carbons (Fsp3) is 0.607. The molecule has 2 aromatic carbocycles. The predicted molar refractivity (Wildman–Crippen MR) is 331 cm³/mol. The van der Waals surface area contributed by atoms with Gasteiger partial charge in [0.15, 0.2) is 5.78 Å². The molecule has 23 heteroatoms. The summed E-state index contributed by atoms with van der Waals surface area (Å²) in [6.45, 7) is 14.8. The number of benzene rings is 2. The van der Waals surface area contributed by atoms with Gasteiger partial charge in [0, 0.05) is 73.4 Å². The maximum absolute atomic E-state index is 14.4. The fourth-order valence-corrected chi connectivity index (χ4v) is 13.2. The second-order valence-corrected chi connectivity index (χ2v) is 26.2. The lowest BCUT2D eigenvalue weighted by molar-refractivity contribution is -0.187. The summed E-state index contributed by atoms with van der Waals surface area (Å²) in [7, 11) is 3.05. The zero-order valence-electron chi connectivity index (χ0n) is 49.7. The molecule has 0 spiro atoms. The van der Waals surface area contributed by atoms with Gasteiger partial charge in [0.25, 0.3) is 0 Å². The number of nitrogens with one attached hydrogen (secondary N) is 3. The number of hydrogen-bond acceptors (Lipinski definition) is 14. The number of primary amides is 1. The molecule has 4 bridgehead atoms. The van der Waals surface area contributed by atoms with Gasteiger partial charge < -0.3 is 50.1 Å². The SMILES string of the molecule is CO[C@@H]1/C=C/C=C(\C)Cc2cc(C)c(Cl)c(c2)N(C)C(=O)C[C@H](OC(=O)Nc2ccc(CC(=O)[C@H](CCCNC(N)=O)NC(=O)[C@@H](CC(=O)CCCCC(C)(C)OC(=O)C(CBr)CBr)C(C)C)cc2Br)[C@]2(C)O[C@H]2[C@H](C)[C@@H]2C[C@@]1(O)CC(=O)O2. The molecular formula is C61H83Br3ClN5O14. The number of ether oxygens (including phenoxy) is 5. The lowest BCUT2D eigenvalue weighted by Crippen LogP contribution is -2.53. The fourth-order valence-electron chi connectivity index (χ4n) is 10.8. The summed E-state index contributed by atoms with van der Waals surface area (Å²) in [5.41, 5.74) is 5.47. The molecule has 0 aliphatic carbocycles. The smallest absolute Gasteiger partial charge is 0.412 e. The normalized spacial score (nSPS) is 24.6. The number of epoxide rings is 1. The minimum absolute atomic E-state index is 0.0137. The number of unbranched alkanes of at least 4 members (excludes halogenated alkanes) is 1. The van der Waals surface area contributed by atoms with Gasteiger partial charge in [-0.25, -0.2) is 9.59 Å². The molecule has 0 radical (unpaired) electrons. The topological polar surface area (TPSA) is 272 Å². The number of amides is 5. The number of alkyl halides is 2. The van der Waals surface area contributed by atoms with E-state index in [2.05, 4.69) is 63.7 Å². The van der Waals surface area contributed by atoms with Crippen LogP contribution >= 0.6 is 59.4 Å². The van der Waals surface area contributed by atoms with Crippen LogP contribution in [0.1, 0.15) is 129 Å². The van der Waals surface area contributed by atoms with Crippen LogP contribution in [-0.4, -0.2) is 131 Å². The summed E-state index contributed by atoms with van der Waals surface area (Å²) in [4.78, 5) is 109. The lowest BCUT2D eigenvalue weighted by Gasteiger charge is -2.41. The highest BCUT2D eigenvalue weighted by Crippen LogP contribution is 2.50. The third-order valence-corrected chi connectivity index (χ3v) is 18.6. The Hall–Kier alpha value is -4.71. The van der Waals surface area contributed by atoms with Gasteiger partial charge in [-0.2, -0.15) is 0 Å². The van der Waals surface area contributed by atoms with Gasteiger partial charge in [-0.15, -0.1) is 0 Å². The van der Waals surface area contributed by atoms with Crippen molar-refractivity contribution in [2.45, 2.75) is 180 Å². The number of esters is 2. The van der Waals surface area contributed by atoms with Crippen LogP contribution in [0.3, 0.4) is 0 Å². The monoisotopic (exact) mass is 1380 g/mol. The molecule has 464 valence electrons. The Balaban J connectivity index is 1.31. The summed E-state index contributed by atoms with van der Waals surface area (Å²) in [6.07, 6.45) is 2.87. The lowest BCUT2D eigenvalue weighted by atomic mass is 9.78. The van der Waals surface area contributed by atoms with Gasteiger partial charge in [0.05, 0.1) is 47.3 Å². The van der Waals surface area contributed by atoms with Gasteiger partial charge in [-0.3, -0.25) is 34.1 Å². The Morgan fingerprint density at radius 1 is 1.04 bits per heavy atom. The van der Waals surface area contributed by atoms with Crippen LogP contribution in [0.15, 0.2) is 58.6 Å². The molecule has 5 amide bonds. The Morgan fingerprint density at radius 3 is 2.38 bits per heavy atom. The average Bonchev–Trinajstić information content (AvgIpc) is 1.73. The first-order valence-electron chi connectivity index (χ1n) is 28.5. The van der Waals surface area contributed by atoms with E-state index in [0.717, 1.165) is 16.7 Å². The first-order valence-corrected chi connectivity index (χ1v) is 31.9. The average molecular weight is 1390 g/mol. The number of methoxy groups -OCH3 is 1. The largest absolute Gasteiger partial charge is 0.462 e. The molecule has 84 heavy (non-hydrogen) atoms. The maximum atomic E-state index is 14.4. The van der Waals surface area contributed by atoms with Gasteiger partial charge in [0.2, 0.25) is 11.8 Å². The zero-order valence-corrected chi connectivity index (χ0v) is 55.2. The highest BCUT2D eigenvalue weighted by Gasteiger charge is 2.64. The molecule has 2 fully saturated rings. The standard InChI is InChI=1S/C61H83Br3ClN5O14/c1-34(2)42(28-41(71)16-11-12-21-59(6,7)84-56(76)40(32-62)33-63)55(75)68-45(17-14-22-67-57(66)77)47(72)27-38-19-20-44(43(64)25-38)69-58(78)82-50-29-51(73)70(9)46-26-39(24-36(4)53(46)65)23-35(3)15-13-18-49(80-10)61(79)30-48(81-52(74)31-61)37(5)54-60(50,8)83-54/h13,15,18-20,24-26,34,37,40,42,45,48-50,54,79H,11-12,14,16-17,21-23,27-33H2,1-10H3,(H,68,75)(H,69,78)(H3,66,67,77)/b18-13+,35-15+/t37-,42+,45+,48+,49-,50+,54+,60+,61-/m1/s1. The molecule has 2 aromatic rings. The van der Waals surface area contributed by atoms with E-state index in [1.54, 1.807) is 51.2 Å². The second-order valence-electron chi connectivity index (χ2n) is 23.7. The molecule has 2 saturated heterocycles. The number of anilines is 2. The van der Waals surface area contributed by atoms with Crippen LogP contribution in [0, 0.1) is 30.6 Å². The Morgan fingerprint density at radius 2 is 1.74 bits per heavy atom. The van der Waals surface area contributed by atoms with Gasteiger partial charge in [-0.1, -0.05) is 100 Å². The first kappa shape index (κ1) is 70.1. The molecule has 5 rings (SSSR count). The number of nitrogens with zero attached hydrogens (tertiary/aromatic N) is 1. The van der Waals surface area contributed by atoms with Crippen molar-refractivity contribution in [3.8, 4) is 0 Å². The molecule has 9 atom stereocenters. The number of carbonyl (C=O) groups excluding carboxylic acids is 8. The van der Waals surface area contributed by atoms with Crippen molar-refractivity contribution in [3.05, 3.63) is 80.3 Å². The number of nitrogens with two attached hydrogens (primary N) is 1. The third kappa shape index (κ3) is 19.7. The van der Waals surface area contributed by atoms with Crippen molar-refractivity contribution in [3.63, 3.8) is 0 Å². The van der Waals surface area contributed by atoms with E-state index in [1.807, 2.05) is 59.8 Å². The number of halogens is 4. The van der Waals surface area contributed by atoms with Crippen LogP contribution in [0.4, 0.5) is 21.0 Å².